The van der Waals surface area contributed by atoms with Crippen LogP contribution in [0.1, 0.15) is 115 Å². The first-order valence-electron chi connectivity index (χ1n) is 16.6. The zero-order valence-corrected chi connectivity index (χ0v) is 26.1. The van der Waals surface area contributed by atoms with Crippen molar-refractivity contribution in [3.8, 4) is 28.0 Å². The van der Waals surface area contributed by atoms with Gasteiger partial charge in [-0.1, -0.05) is 114 Å². The van der Waals surface area contributed by atoms with Crippen LogP contribution in [0.3, 0.4) is 0 Å². The van der Waals surface area contributed by atoms with Gasteiger partial charge in [0.05, 0.1) is 19.3 Å². The van der Waals surface area contributed by atoms with Crippen molar-refractivity contribution in [2.45, 2.75) is 110 Å². The van der Waals surface area contributed by atoms with Gasteiger partial charge in [0.15, 0.2) is 11.6 Å². The van der Waals surface area contributed by atoms with E-state index in [9.17, 15) is 8.78 Å². The number of rotatable bonds is 17. The van der Waals surface area contributed by atoms with Crippen LogP contribution in [0.25, 0.3) is 22.3 Å². The van der Waals surface area contributed by atoms with Crippen molar-refractivity contribution in [2.75, 3.05) is 13.2 Å². The molecule has 3 aromatic rings. The summed E-state index contributed by atoms with van der Waals surface area (Å²) in [7, 11) is 0. The van der Waals surface area contributed by atoms with Crippen LogP contribution in [0, 0.1) is 23.4 Å². The molecule has 2 atom stereocenters. The summed E-state index contributed by atoms with van der Waals surface area (Å²) in [6.45, 7) is 5.48. The fraction of sp³-hybridized carbons (Fsp3) is 0.526. The average Bonchev–Trinajstić information content (AvgIpc) is 3.03. The molecule has 0 amide bonds. The number of halogens is 3. The van der Waals surface area contributed by atoms with Crippen LogP contribution >= 0.6 is 0 Å². The smallest absolute Gasteiger partial charge is 0.201 e. The Hall–Kier alpha value is -2.79. The summed E-state index contributed by atoms with van der Waals surface area (Å²) in [5, 5.41) is 0. The van der Waals surface area contributed by atoms with E-state index < -0.39 is 11.6 Å². The lowest BCUT2D eigenvalue weighted by Crippen LogP contribution is -2.21. The third-order valence-corrected chi connectivity index (χ3v) is 8.77. The van der Waals surface area contributed by atoms with E-state index in [0.717, 1.165) is 43.2 Å². The van der Waals surface area contributed by atoms with Crippen LogP contribution in [0.2, 0.25) is 0 Å². The van der Waals surface area contributed by atoms with Gasteiger partial charge < -0.3 is 9.47 Å². The fourth-order valence-electron chi connectivity index (χ4n) is 6.06. The molecule has 5 heteroatoms. The van der Waals surface area contributed by atoms with E-state index in [4.69, 9.17) is 9.47 Å². The molecule has 2 unspecified atom stereocenters. The van der Waals surface area contributed by atoms with Crippen molar-refractivity contribution < 1.29 is 22.6 Å². The average molecular weight is 595 g/mol. The molecule has 3 aromatic carbocycles. The molecule has 1 aliphatic heterocycles. The number of benzene rings is 3. The lowest BCUT2D eigenvalue weighted by Gasteiger charge is -2.29. The summed E-state index contributed by atoms with van der Waals surface area (Å²) in [4.78, 5) is 0. The molecule has 0 spiro atoms. The maximum Gasteiger partial charge on any atom is 0.201 e. The SMILES string of the molecule is CCCCCCCCOc1ccc(-c2ccc(-c3ccc(C4CCC(CCCCCCC)CO4)c(F)c3)cc2)c(F)c1F. The molecule has 0 saturated carbocycles. The molecular formula is C38H49F3O2. The van der Waals surface area contributed by atoms with Crippen LogP contribution in [0.5, 0.6) is 5.75 Å². The van der Waals surface area contributed by atoms with Crippen LogP contribution in [0.15, 0.2) is 54.6 Å². The Kier molecular flexibility index (Phi) is 13.5. The van der Waals surface area contributed by atoms with Gasteiger partial charge >= 0.3 is 0 Å². The van der Waals surface area contributed by atoms with Crippen molar-refractivity contribution in [2.24, 2.45) is 5.92 Å². The van der Waals surface area contributed by atoms with E-state index in [1.54, 1.807) is 24.3 Å². The van der Waals surface area contributed by atoms with Crippen molar-refractivity contribution in [1.29, 1.82) is 0 Å². The lowest BCUT2D eigenvalue weighted by atomic mass is 9.90. The normalized spacial score (nSPS) is 16.9. The first-order valence-corrected chi connectivity index (χ1v) is 16.6. The number of hydrogen-bond donors (Lipinski definition) is 0. The summed E-state index contributed by atoms with van der Waals surface area (Å²) < 4.78 is 56.6. The van der Waals surface area contributed by atoms with E-state index in [2.05, 4.69) is 13.8 Å². The van der Waals surface area contributed by atoms with Crippen LogP contribution < -0.4 is 4.74 Å². The Balaban J connectivity index is 1.31. The van der Waals surface area contributed by atoms with E-state index in [1.165, 1.54) is 63.9 Å². The van der Waals surface area contributed by atoms with Gasteiger partial charge in [-0.25, -0.2) is 8.78 Å². The summed E-state index contributed by atoms with van der Waals surface area (Å²) in [6.07, 6.45) is 15.9. The molecule has 43 heavy (non-hydrogen) atoms. The highest BCUT2D eigenvalue weighted by Crippen LogP contribution is 2.36. The van der Waals surface area contributed by atoms with Crippen molar-refractivity contribution in [3.05, 3.63) is 77.6 Å². The second-order valence-electron chi connectivity index (χ2n) is 12.1. The molecule has 0 bridgehead atoms. The second kappa shape index (κ2) is 17.5. The summed E-state index contributed by atoms with van der Waals surface area (Å²) in [6, 6.07) is 15.4. The largest absolute Gasteiger partial charge is 0.490 e. The minimum Gasteiger partial charge on any atom is -0.490 e. The third-order valence-electron chi connectivity index (χ3n) is 8.77. The summed E-state index contributed by atoms with van der Waals surface area (Å²) in [5.41, 5.74) is 2.87. The van der Waals surface area contributed by atoms with Crippen molar-refractivity contribution in [3.63, 3.8) is 0 Å². The van der Waals surface area contributed by atoms with Crippen molar-refractivity contribution >= 4 is 0 Å². The van der Waals surface area contributed by atoms with Crippen molar-refractivity contribution in [1.82, 2.24) is 0 Å². The molecule has 1 heterocycles. The van der Waals surface area contributed by atoms with Gasteiger partial charge in [0, 0.05) is 11.1 Å². The zero-order chi connectivity index (χ0) is 30.4. The maximum absolute atomic E-state index is 15.2. The van der Waals surface area contributed by atoms with Crippen LogP contribution in [-0.2, 0) is 4.74 Å². The molecule has 4 rings (SSSR count). The Morgan fingerprint density at radius 1 is 0.674 bits per heavy atom. The van der Waals surface area contributed by atoms with Crippen LogP contribution in [-0.4, -0.2) is 13.2 Å². The number of ether oxygens (including phenoxy) is 2. The lowest BCUT2D eigenvalue weighted by molar-refractivity contribution is -0.0215. The minimum absolute atomic E-state index is 0.0538. The molecular weight excluding hydrogens is 545 g/mol. The minimum atomic E-state index is -0.964. The molecule has 0 radical (unpaired) electrons. The Morgan fingerprint density at radius 3 is 2.00 bits per heavy atom. The van der Waals surface area contributed by atoms with Gasteiger partial charge in [-0.3, -0.25) is 0 Å². The molecule has 0 aromatic heterocycles. The van der Waals surface area contributed by atoms with Gasteiger partial charge in [-0.15, -0.1) is 0 Å². The van der Waals surface area contributed by atoms with Gasteiger partial charge in [0.1, 0.15) is 5.82 Å². The Morgan fingerprint density at radius 2 is 1.33 bits per heavy atom. The van der Waals surface area contributed by atoms with Gasteiger partial charge in [-0.05, 0) is 66.5 Å². The highest BCUT2D eigenvalue weighted by atomic mass is 19.2. The predicted molar refractivity (Wildman–Crippen MR) is 171 cm³/mol. The topological polar surface area (TPSA) is 18.5 Å². The number of hydrogen-bond acceptors (Lipinski definition) is 2. The summed E-state index contributed by atoms with van der Waals surface area (Å²) >= 11 is 0. The van der Waals surface area contributed by atoms with E-state index in [-0.39, 0.29) is 23.2 Å². The van der Waals surface area contributed by atoms with Gasteiger partial charge in [0.2, 0.25) is 5.82 Å². The first-order chi connectivity index (χ1) is 21.0. The predicted octanol–water partition coefficient (Wildman–Crippen LogP) is 12.0. The summed E-state index contributed by atoms with van der Waals surface area (Å²) in [5.74, 6) is -1.63. The Labute approximate surface area is 257 Å². The molecule has 1 saturated heterocycles. The molecule has 0 aliphatic carbocycles. The van der Waals surface area contributed by atoms with E-state index in [0.29, 0.717) is 30.3 Å². The van der Waals surface area contributed by atoms with E-state index in [1.807, 2.05) is 24.3 Å². The van der Waals surface area contributed by atoms with Crippen LogP contribution in [0.4, 0.5) is 13.2 Å². The quantitative estimate of drug-likeness (QED) is 0.145. The number of unbranched alkanes of at least 4 members (excludes halogenated alkanes) is 9. The third kappa shape index (κ3) is 9.60. The first kappa shape index (κ1) is 33.1. The molecule has 1 fully saturated rings. The molecule has 234 valence electrons. The van der Waals surface area contributed by atoms with E-state index >= 15 is 4.39 Å². The monoisotopic (exact) mass is 594 g/mol. The highest BCUT2D eigenvalue weighted by Gasteiger charge is 2.25. The fourth-order valence-corrected chi connectivity index (χ4v) is 6.06. The zero-order valence-electron chi connectivity index (χ0n) is 26.1. The standard InChI is InChI=1S/C38H49F3O2/c1-3-5-7-9-11-13-25-42-36-24-22-32(37(40)38(36)41)30-18-16-29(17-19-30)31-20-21-33(34(39)26-31)35-23-15-28(27-43-35)14-12-10-8-6-4-2/h16-22,24,26,28,35H,3-15,23,25,27H2,1-2H3. The molecule has 1 aliphatic rings. The van der Waals surface area contributed by atoms with Gasteiger partial charge in [-0.2, -0.15) is 4.39 Å². The Bertz CT molecular complexity index is 1250. The van der Waals surface area contributed by atoms with Gasteiger partial charge in [0.25, 0.3) is 0 Å². The molecule has 2 nitrogen and oxygen atoms in total. The second-order valence-corrected chi connectivity index (χ2v) is 12.1. The maximum atomic E-state index is 15.2. The molecule has 0 N–H and O–H groups in total. The highest BCUT2D eigenvalue weighted by molar-refractivity contribution is 5.71.